The molecule has 1 N–H and O–H groups in total. The molecular formula is C23H21N3O. The number of anilines is 1. The average Bonchev–Trinajstić information content (AvgIpc) is 3.06. The van der Waals surface area contributed by atoms with E-state index in [1.807, 2.05) is 71.3 Å². The third kappa shape index (κ3) is 3.60. The molecule has 4 nitrogen and oxygen atoms in total. The largest absolute Gasteiger partial charge is 0.306 e. The lowest BCUT2D eigenvalue weighted by atomic mass is 10.1. The van der Waals surface area contributed by atoms with Gasteiger partial charge in [-0.15, -0.1) is 0 Å². The Bertz CT molecular complexity index is 1070. The molecule has 4 rings (SSSR count). The van der Waals surface area contributed by atoms with Gasteiger partial charge in [0.25, 0.3) is 5.91 Å². The van der Waals surface area contributed by atoms with Crippen molar-refractivity contribution in [2.24, 2.45) is 0 Å². The van der Waals surface area contributed by atoms with Gasteiger partial charge in [0.2, 0.25) is 0 Å². The number of aryl methyl sites for hydroxylation is 1. The van der Waals surface area contributed by atoms with E-state index in [4.69, 9.17) is 4.98 Å². The third-order valence-corrected chi connectivity index (χ3v) is 4.67. The van der Waals surface area contributed by atoms with Crippen LogP contribution < -0.4 is 5.32 Å². The van der Waals surface area contributed by atoms with Crippen LogP contribution >= 0.6 is 0 Å². The fourth-order valence-electron chi connectivity index (χ4n) is 3.16. The van der Waals surface area contributed by atoms with Crippen molar-refractivity contribution in [3.63, 3.8) is 0 Å². The lowest BCUT2D eigenvalue weighted by Crippen LogP contribution is -2.14. The SMILES string of the molecule is CCc1ccc(C(=O)Nc2c(Cc3ccccc3)nc3ccccn23)cc1. The van der Waals surface area contributed by atoms with E-state index in [-0.39, 0.29) is 5.91 Å². The molecule has 0 fully saturated rings. The van der Waals surface area contributed by atoms with Gasteiger partial charge in [-0.05, 0) is 41.8 Å². The molecule has 0 aliphatic rings. The fourth-order valence-corrected chi connectivity index (χ4v) is 3.16. The number of benzene rings is 2. The van der Waals surface area contributed by atoms with Crippen LogP contribution in [0, 0.1) is 0 Å². The topological polar surface area (TPSA) is 46.4 Å². The van der Waals surface area contributed by atoms with Gasteiger partial charge in [0, 0.05) is 18.2 Å². The maximum Gasteiger partial charge on any atom is 0.256 e. The maximum absolute atomic E-state index is 12.8. The Morgan fingerprint density at radius 1 is 0.926 bits per heavy atom. The Morgan fingerprint density at radius 2 is 1.67 bits per heavy atom. The molecule has 2 aromatic carbocycles. The number of hydrogen-bond acceptors (Lipinski definition) is 2. The Hall–Kier alpha value is -3.40. The summed E-state index contributed by atoms with van der Waals surface area (Å²) >= 11 is 0. The normalized spacial score (nSPS) is 10.9. The maximum atomic E-state index is 12.8. The van der Waals surface area contributed by atoms with Gasteiger partial charge in [-0.2, -0.15) is 0 Å². The Labute approximate surface area is 158 Å². The quantitative estimate of drug-likeness (QED) is 0.562. The van der Waals surface area contributed by atoms with Crippen molar-refractivity contribution in [3.05, 3.63) is 101 Å². The van der Waals surface area contributed by atoms with Crippen LogP contribution in [0.2, 0.25) is 0 Å². The van der Waals surface area contributed by atoms with E-state index in [1.165, 1.54) is 5.56 Å². The average molecular weight is 355 g/mol. The van der Waals surface area contributed by atoms with Crippen molar-refractivity contribution in [2.45, 2.75) is 19.8 Å². The minimum Gasteiger partial charge on any atom is -0.306 e. The zero-order valence-corrected chi connectivity index (χ0v) is 15.2. The van der Waals surface area contributed by atoms with E-state index in [2.05, 4.69) is 24.4 Å². The summed E-state index contributed by atoms with van der Waals surface area (Å²) in [6, 6.07) is 23.7. The standard InChI is InChI=1S/C23H21N3O/c1-2-17-11-13-19(14-12-17)23(27)25-22-20(16-18-8-4-3-5-9-18)24-21-10-6-7-15-26(21)22/h3-15H,2,16H2,1H3,(H,25,27). The number of fused-ring (bicyclic) bond motifs is 1. The molecule has 1 amide bonds. The van der Waals surface area contributed by atoms with Gasteiger partial charge < -0.3 is 5.32 Å². The number of aromatic nitrogens is 2. The fraction of sp³-hybridized carbons (Fsp3) is 0.130. The van der Waals surface area contributed by atoms with Crippen molar-refractivity contribution in [2.75, 3.05) is 5.32 Å². The summed E-state index contributed by atoms with van der Waals surface area (Å²) in [6.07, 6.45) is 3.54. The molecule has 0 bridgehead atoms. The molecule has 0 atom stereocenters. The highest BCUT2D eigenvalue weighted by Gasteiger charge is 2.16. The number of nitrogens with one attached hydrogen (secondary N) is 1. The second-order valence-corrected chi connectivity index (χ2v) is 6.50. The van der Waals surface area contributed by atoms with Gasteiger partial charge in [-0.1, -0.05) is 55.5 Å². The molecule has 0 saturated carbocycles. The van der Waals surface area contributed by atoms with E-state index in [0.29, 0.717) is 12.0 Å². The summed E-state index contributed by atoms with van der Waals surface area (Å²) < 4.78 is 1.93. The predicted molar refractivity (Wildman–Crippen MR) is 108 cm³/mol. The lowest BCUT2D eigenvalue weighted by molar-refractivity contribution is 0.102. The second-order valence-electron chi connectivity index (χ2n) is 6.50. The van der Waals surface area contributed by atoms with Crippen molar-refractivity contribution in [1.82, 2.24) is 9.38 Å². The van der Waals surface area contributed by atoms with Crippen LogP contribution in [-0.4, -0.2) is 15.3 Å². The highest BCUT2D eigenvalue weighted by atomic mass is 16.1. The lowest BCUT2D eigenvalue weighted by Gasteiger charge is -2.08. The molecule has 134 valence electrons. The first-order valence-corrected chi connectivity index (χ1v) is 9.15. The molecule has 4 heteroatoms. The van der Waals surface area contributed by atoms with Gasteiger partial charge in [-0.25, -0.2) is 4.98 Å². The molecule has 0 radical (unpaired) electrons. The zero-order valence-electron chi connectivity index (χ0n) is 15.2. The molecule has 27 heavy (non-hydrogen) atoms. The van der Waals surface area contributed by atoms with E-state index in [9.17, 15) is 4.79 Å². The summed E-state index contributed by atoms with van der Waals surface area (Å²) in [6.45, 7) is 2.10. The smallest absolute Gasteiger partial charge is 0.256 e. The van der Waals surface area contributed by atoms with Crippen LogP contribution in [0.25, 0.3) is 5.65 Å². The monoisotopic (exact) mass is 355 g/mol. The molecule has 0 unspecified atom stereocenters. The number of nitrogens with zero attached hydrogens (tertiary/aromatic N) is 2. The van der Waals surface area contributed by atoms with Crippen LogP contribution in [0.1, 0.15) is 34.1 Å². The number of pyridine rings is 1. The zero-order chi connectivity index (χ0) is 18.6. The summed E-state index contributed by atoms with van der Waals surface area (Å²) in [5, 5.41) is 3.07. The molecule has 0 saturated heterocycles. The number of carbonyl (C=O) groups is 1. The number of carbonyl (C=O) groups excluding carboxylic acids is 1. The highest BCUT2D eigenvalue weighted by molar-refractivity contribution is 6.04. The van der Waals surface area contributed by atoms with Gasteiger partial charge in [0.1, 0.15) is 11.5 Å². The Balaban J connectivity index is 1.68. The van der Waals surface area contributed by atoms with Crippen molar-refractivity contribution in [3.8, 4) is 0 Å². The minimum absolute atomic E-state index is 0.127. The van der Waals surface area contributed by atoms with E-state index in [1.54, 1.807) is 0 Å². The van der Waals surface area contributed by atoms with Crippen LogP contribution in [0.3, 0.4) is 0 Å². The van der Waals surface area contributed by atoms with E-state index in [0.717, 1.165) is 29.1 Å². The number of hydrogen-bond donors (Lipinski definition) is 1. The molecule has 2 heterocycles. The van der Waals surface area contributed by atoms with Crippen LogP contribution in [0.5, 0.6) is 0 Å². The van der Waals surface area contributed by atoms with Gasteiger partial charge in [0.05, 0.1) is 5.69 Å². The Kier molecular flexibility index (Phi) is 4.71. The number of amides is 1. The van der Waals surface area contributed by atoms with E-state index < -0.39 is 0 Å². The molecular weight excluding hydrogens is 334 g/mol. The molecule has 0 aliphatic carbocycles. The predicted octanol–water partition coefficient (Wildman–Crippen LogP) is 4.74. The van der Waals surface area contributed by atoms with Crippen molar-refractivity contribution in [1.29, 1.82) is 0 Å². The number of rotatable bonds is 5. The second kappa shape index (κ2) is 7.46. The number of imidazole rings is 1. The van der Waals surface area contributed by atoms with Crippen LogP contribution in [-0.2, 0) is 12.8 Å². The highest BCUT2D eigenvalue weighted by Crippen LogP contribution is 2.22. The van der Waals surface area contributed by atoms with E-state index >= 15 is 0 Å². The molecule has 2 aromatic heterocycles. The van der Waals surface area contributed by atoms with Gasteiger partial charge in [0.15, 0.2) is 0 Å². The van der Waals surface area contributed by atoms with Crippen LogP contribution in [0.15, 0.2) is 79.0 Å². The van der Waals surface area contributed by atoms with Crippen molar-refractivity contribution < 1.29 is 4.79 Å². The summed E-state index contributed by atoms with van der Waals surface area (Å²) in [5.41, 5.74) is 4.68. The summed E-state index contributed by atoms with van der Waals surface area (Å²) in [4.78, 5) is 17.5. The summed E-state index contributed by atoms with van der Waals surface area (Å²) in [7, 11) is 0. The van der Waals surface area contributed by atoms with Gasteiger partial charge >= 0.3 is 0 Å². The molecule has 0 aliphatic heterocycles. The Morgan fingerprint density at radius 3 is 2.41 bits per heavy atom. The first-order chi connectivity index (χ1) is 13.2. The van der Waals surface area contributed by atoms with Crippen molar-refractivity contribution >= 4 is 17.4 Å². The summed E-state index contributed by atoms with van der Waals surface area (Å²) in [5.74, 6) is 0.594. The third-order valence-electron chi connectivity index (χ3n) is 4.67. The molecule has 0 spiro atoms. The minimum atomic E-state index is -0.127. The molecule has 4 aromatic rings. The first kappa shape index (κ1) is 17.0. The van der Waals surface area contributed by atoms with Gasteiger partial charge in [-0.3, -0.25) is 9.20 Å². The first-order valence-electron chi connectivity index (χ1n) is 9.15. The van der Waals surface area contributed by atoms with Crippen LogP contribution in [0.4, 0.5) is 5.82 Å².